The van der Waals surface area contributed by atoms with Crippen LogP contribution in [0, 0.1) is 0 Å². The number of halogens is 1. The first-order chi connectivity index (χ1) is 7.49. The van der Waals surface area contributed by atoms with Crippen LogP contribution in [0.3, 0.4) is 0 Å². The Hall–Kier alpha value is -1.35. The number of carbonyl (C=O) groups is 2. The zero-order valence-corrected chi connectivity index (χ0v) is 9.95. The molecule has 4 heteroatoms. The van der Waals surface area contributed by atoms with Crippen LogP contribution in [0.2, 0.25) is 0 Å². The van der Waals surface area contributed by atoms with Crippen LogP contribution in [0.25, 0.3) is 0 Å². The Balaban J connectivity index is 2.82. The van der Waals surface area contributed by atoms with E-state index in [4.69, 9.17) is 16.3 Å². The van der Waals surface area contributed by atoms with E-state index >= 15 is 0 Å². The van der Waals surface area contributed by atoms with Crippen LogP contribution in [0.4, 0.5) is 0 Å². The van der Waals surface area contributed by atoms with Crippen LogP contribution in [-0.4, -0.2) is 16.8 Å². The fourth-order valence-corrected chi connectivity index (χ4v) is 1.26. The van der Waals surface area contributed by atoms with Crippen molar-refractivity contribution in [3.63, 3.8) is 0 Å². The summed E-state index contributed by atoms with van der Waals surface area (Å²) in [6.45, 7) is 3.24. The molecule has 86 valence electrons. The zero-order chi connectivity index (χ0) is 12.2. The first kappa shape index (κ1) is 12.7. The van der Waals surface area contributed by atoms with Gasteiger partial charge in [-0.15, -0.1) is 0 Å². The van der Waals surface area contributed by atoms with E-state index in [1.54, 1.807) is 37.3 Å². The Morgan fingerprint density at radius 2 is 1.88 bits per heavy atom. The van der Waals surface area contributed by atoms with Gasteiger partial charge in [0.1, 0.15) is 0 Å². The van der Waals surface area contributed by atoms with Crippen molar-refractivity contribution in [3.05, 3.63) is 35.9 Å². The molecular formula is C12H13ClO3. The molecule has 0 saturated heterocycles. The van der Waals surface area contributed by atoms with Gasteiger partial charge in [-0.05, 0) is 37.1 Å². The Labute approximate surface area is 99.4 Å². The number of ether oxygens (including phenoxy) is 1. The van der Waals surface area contributed by atoms with Gasteiger partial charge in [0.05, 0.1) is 5.56 Å². The first-order valence-corrected chi connectivity index (χ1v) is 5.35. The standard InChI is InChI=1S/C12H13ClO3/c1-3-12(2,11(13)15)16-10(14)9-7-5-4-6-8-9/h4-8H,3H2,1-2H3. The molecule has 1 aromatic carbocycles. The lowest BCUT2D eigenvalue weighted by atomic mass is 10.1. The largest absolute Gasteiger partial charge is 0.446 e. The molecule has 1 aromatic rings. The fourth-order valence-electron chi connectivity index (χ4n) is 1.09. The molecule has 0 N–H and O–H groups in total. The molecule has 1 rings (SSSR count). The van der Waals surface area contributed by atoms with Crippen molar-refractivity contribution in [2.45, 2.75) is 25.9 Å². The van der Waals surface area contributed by atoms with E-state index in [1.807, 2.05) is 0 Å². The van der Waals surface area contributed by atoms with E-state index in [9.17, 15) is 9.59 Å². The summed E-state index contributed by atoms with van der Waals surface area (Å²) in [4.78, 5) is 22.8. The van der Waals surface area contributed by atoms with Gasteiger partial charge in [-0.2, -0.15) is 0 Å². The third-order valence-electron chi connectivity index (χ3n) is 2.42. The molecule has 1 atom stereocenters. The molecule has 3 nitrogen and oxygen atoms in total. The summed E-state index contributed by atoms with van der Waals surface area (Å²) in [6, 6.07) is 8.49. The molecule has 0 fully saturated rings. The van der Waals surface area contributed by atoms with Gasteiger partial charge in [-0.25, -0.2) is 4.79 Å². The molecule has 0 aliphatic rings. The van der Waals surface area contributed by atoms with Crippen LogP contribution in [-0.2, 0) is 9.53 Å². The highest BCUT2D eigenvalue weighted by Gasteiger charge is 2.34. The first-order valence-electron chi connectivity index (χ1n) is 4.98. The number of esters is 1. The second kappa shape index (κ2) is 5.12. The Kier molecular flexibility index (Phi) is 4.07. The lowest BCUT2D eigenvalue weighted by Gasteiger charge is -2.23. The molecule has 16 heavy (non-hydrogen) atoms. The number of hydrogen-bond donors (Lipinski definition) is 0. The fraction of sp³-hybridized carbons (Fsp3) is 0.333. The molecule has 0 radical (unpaired) electrons. The smallest absolute Gasteiger partial charge is 0.339 e. The maximum absolute atomic E-state index is 11.7. The van der Waals surface area contributed by atoms with Gasteiger partial charge >= 0.3 is 5.97 Å². The Morgan fingerprint density at radius 1 is 1.31 bits per heavy atom. The van der Waals surface area contributed by atoms with Crippen molar-refractivity contribution in [2.24, 2.45) is 0 Å². The lowest BCUT2D eigenvalue weighted by molar-refractivity contribution is -0.128. The normalized spacial score (nSPS) is 13.9. The van der Waals surface area contributed by atoms with Crippen molar-refractivity contribution in [1.82, 2.24) is 0 Å². The average molecular weight is 241 g/mol. The molecule has 0 spiro atoms. The third-order valence-corrected chi connectivity index (χ3v) is 2.82. The minimum absolute atomic E-state index is 0.341. The monoisotopic (exact) mass is 240 g/mol. The quantitative estimate of drug-likeness (QED) is 0.600. The van der Waals surface area contributed by atoms with Gasteiger partial charge in [-0.1, -0.05) is 25.1 Å². The van der Waals surface area contributed by atoms with Crippen LogP contribution >= 0.6 is 11.6 Å². The summed E-state index contributed by atoms with van der Waals surface area (Å²) < 4.78 is 5.11. The molecule has 0 heterocycles. The van der Waals surface area contributed by atoms with Crippen LogP contribution in [0.5, 0.6) is 0 Å². The highest BCUT2D eigenvalue weighted by atomic mass is 35.5. The number of rotatable bonds is 4. The predicted octanol–water partition coefficient (Wildman–Crippen LogP) is 2.78. The number of hydrogen-bond acceptors (Lipinski definition) is 3. The van der Waals surface area contributed by atoms with Gasteiger partial charge in [-0.3, -0.25) is 4.79 Å². The van der Waals surface area contributed by atoms with Crippen molar-refractivity contribution >= 4 is 22.8 Å². The maximum atomic E-state index is 11.7. The molecular weight excluding hydrogens is 228 g/mol. The number of benzene rings is 1. The summed E-state index contributed by atoms with van der Waals surface area (Å²) in [7, 11) is 0. The summed E-state index contributed by atoms with van der Waals surface area (Å²) in [6.07, 6.45) is 0.341. The third kappa shape index (κ3) is 2.83. The van der Waals surface area contributed by atoms with E-state index in [1.165, 1.54) is 6.92 Å². The Bertz CT molecular complexity index is 389. The Morgan fingerprint density at radius 3 is 2.31 bits per heavy atom. The van der Waals surface area contributed by atoms with Gasteiger partial charge in [0.15, 0.2) is 5.60 Å². The van der Waals surface area contributed by atoms with E-state index in [2.05, 4.69) is 0 Å². The van der Waals surface area contributed by atoms with Gasteiger partial charge in [0.2, 0.25) is 0 Å². The maximum Gasteiger partial charge on any atom is 0.339 e. The van der Waals surface area contributed by atoms with Crippen molar-refractivity contribution in [2.75, 3.05) is 0 Å². The molecule has 0 saturated carbocycles. The van der Waals surface area contributed by atoms with E-state index < -0.39 is 16.8 Å². The van der Waals surface area contributed by atoms with Gasteiger partial charge in [0, 0.05) is 0 Å². The summed E-state index contributed by atoms with van der Waals surface area (Å²) >= 11 is 5.40. The SMILES string of the molecule is CCC(C)(OC(=O)c1ccccc1)C(=O)Cl. The van der Waals surface area contributed by atoms with E-state index in [0.29, 0.717) is 12.0 Å². The highest BCUT2D eigenvalue weighted by molar-refractivity contribution is 6.65. The van der Waals surface area contributed by atoms with Crippen molar-refractivity contribution in [1.29, 1.82) is 0 Å². The van der Waals surface area contributed by atoms with E-state index in [-0.39, 0.29) is 0 Å². The molecule has 0 bridgehead atoms. The summed E-state index contributed by atoms with van der Waals surface area (Å²) in [5.41, 5.74) is -0.853. The molecule has 0 aliphatic heterocycles. The molecule has 0 aromatic heterocycles. The molecule has 1 unspecified atom stereocenters. The minimum Gasteiger partial charge on any atom is -0.446 e. The lowest BCUT2D eigenvalue weighted by Crippen LogP contribution is -2.37. The second-order valence-electron chi connectivity index (χ2n) is 3.61. The average Bonchev–Trinajstić information content (AvgIpc) is 2.29. The van der Waals surface area contributed by atoms with Crippen LogP contribution in [0.1, 0.15) is 30.6 Å². The van der Waals surface area contributed by atoms with Gasteiger partial charge < -0.3 is 4.74 Å². The molecule has 0 aliphatic carbocycles. The highest BCUT2D eigenvalue weighted by Crippen LogP contribution is 2.20. The van der Waals surface area contributed by atoms with Crippen LogP contribution < -0.4 is 0 Å². The summed E-state index contributed by atoms with van der Waals surface area (Å²) in [5.74, 6) is -0.543. The number of carbonyl (C=O) groups excluding carboxylic acids is 2. The van der Waals surface area contributed by atoms with Crippen LogP contribution in [0.15, 0.2) is 30.3 Å². The van der Waals surface area contributed by atoms with Crippen molar-refractivity contribution < 1.29 is 14.3 Å². The predicted molar refractivity (Wildman–Crippen MR) is 61.4 cm³/mol. The van der Waals surface area contributed by atoms with Gasteiger partial charge in [0.25, 0.3) is 5.24 Å². The summed E-state index contributed by atoms with van der Waals surface area (Å²) in [5, 5.41) is -0.667. The van der Waals surface area contributed by atoms with E-state index in [0.717, 1.165) is 0 Å². The van der Waals surface area contributed by atoms with Crippen molar-refractivity contribution in [3.8, 4) is 0 Å². The topological polar surface area (TPSA) is 43.4 Å². The second-order valence-corrected chi connectivity index (χ2v) is 3.96. The zero-order valence-electron chi connectivity index (χ0n) is 9.20. The minimum atomic E-state index is -1.26. The molecule has 0 amide bonds.